The monoisotopic (exact) mass is 577 g/mol. The summed E-state index contributed by atoms with van der Waals surface area (Å²) in [4.78, 5) is 19.7. The van der Waals surface area contributed by atoms with Crippen LogP contribution in [-0.4, -0.2) is 55.1 Å². The van der Waals surface area contributed by atoms with Crippen molar-refractivity contribution in [2.45, 2.75) is 42.9 Å². The van der Waals surface area contributed by atoms with Gasteiger partial charge in [-0.15, -0.1) is 0 Å². The summed E-state index contributed by atoms with van der Waals surface area (Å²) in [6.07, 6.45) is 3.12. The van der Waals surface area contributed by atoms with E-state index < -0.39 is 21.4 Å². The van der Waals surface area contributed by atoms with Crippen molar-refractivity contribution in [3.8, 4) is 5.75 Å². The first-order chi connectivity index (χ1) is 19.8. The molecule has 41 heavy (non-hydrogen) atoms. The van der Waals surface area contributed by atoms with Crippen molar-refractivity contribution < 1.29 is 27.1 Å². The molecule has 0 N–H and O–H groups in total. The summed E-state index contributed by atoms with van der Waals surface area (Å²) in [6, 6.07) is 22.1. The maximum atomic E-state index is 14.4. The number of carbonyl (C=O) groups excluding carboxylic acids is 1. The van der Waals surface area contributed by atoms with Crippen LogP contribution in [0.2, 0.25) is 0 Å². The summed E-state index contributed by atoms with van der Waals surface area (Å²) in [6.45, 7) is 1.31. The van der Waals surface area contributed by atoms with Crippen LogP contribution in [-0.2, 0) is 33.4 Å². The van der Waals surface area contributed by atoms with E-state index in [1.165, 1.54) is 24.4 Å². The minimum Gasteiger partial charge on any atom is -0.497 e. The van der Waals surface area contributed by atoms with Crippen LogP contribution in [0.4, 0.5) is 4.39 Å². The van der Waals surface area contributed by atoms with Gasteiger partial charge in [0.05, 0.1) is 43.9 Å². The predicted octanol–water partition coefficient (Wildman–Crippen LogP) is 4.87. The SMILES string of the molecule is COc1ccc(C(=O)N(Cc2cnc(S(=O)(=O)Cc3ccccc3F)n2Cc2ccccc2)C[C@H]2CCCO2)cc1. The maximum Gasteiger partial charge on any atom is 0.254 e. The molecular weight excluding hydrogens is 545 g/mol. The van der Waals surface area contributed by atoms with Gasteiger partial charge in [0.15, 0.2) is 0 Å². The summed E-state index contributed by atoms with van der Waals surface area (Å²) >= 11 is 0. The van der Waals surface area contributed by atoms with E-state index >= 15 is 0 Å². The van der Waals surface area contributed by atoms with E-state index in [1.807, 2.05) is 30.3 Å². The first-order valence-electron chi connectivity index (χ1n) is 13.4. The predicted molar refractivity (Wildman–Crippen MR) is 152 cm³/mol. The molecule has 0 unspecified atom stereocenters. The zero-order chi connectivity index (χ0) is 28.8. The molecule has 0 aliphatic carbocycles. The Morgan fingerprint density at radius 3 is 2.49 bits per heavy atom. The van der Waals surface area contributed by atoms with E-state index in [2.05, 4.69) is 4.98 Å². The Hall–Kier alpha value is -4.02. The lowest BCUT2D eigenvalue weighted by molar-refractivity contribution is 0.0501. The number of nitrogens with zero attached hydrogens (tertiary/aromatic N) is 3. The van der Waals surface area contributed by atoms with E-state index in [4.69, 9.17) is 9.47 Å². The Labute approximate surface area is 239 Å². The number of sulfone groups is 1. The van der Waals surface area contributed by atoms with Crippen molar-refractivity contribution in [1.29, 1.82) is 0 Å². The van der Waals surface area contributed by atoms with Crippen molar-refractivity contribution in [3.05, 3.63) is 113 Å². The number of amides is 1. The van der Waals surface area contributed by atoms with Crippen LogP contribution in [0.25, 0.3) is 0 Å². The minimum atomic E-state index is -4.03. The molecule has 0 bridgehead atoms. The molecule has 1 atom stereocenters. The normalized spacial score (nSPS) is 15.1. The van der Waals surface area contributed by atoms with Crippen LogP contribution in [0, 0.1) is 5.82 Å². The van der Waals surface area contributed by atoms with Crippen LogP contribution >= 0.6 is 0 Å². The van der Waals surface area contributed by atoms with Crippen LogP contribution in [0.3, 0.4) is 0 Å². The topological polar surface area (TPSA) is 90.7 Å². The summed E-state index contributed by atoms with van der Waals surface area (Å²) in [5.41, 5.74) is 1.95. The average molecular weight is 578 g/mol. The van der Waals surface area contributed by atoms with Gasteiger partial charge in [-0.25, -0.2) is 17.8 Å². The van der Waals surface area contributed by atoms with E-state index in [9.17, 15) is 17.6 Å². The third kappa shape index (κ3) is 6.83. The number of hydrogen-bond donors (Lipinski definition) is 0. The largest absolute Gasteiger partial charge is 0.497 e. The molecular formula is C31H32FN3O5S. The summed E-state index contributed by atoms with van der Waals surface area (Å²) in [5.74, 6) is -0.704. The zero-order valence-corrected chi connectivity index (χ0v) is 23.6. The second-order valence-electron chi connectivity index (χ2n) is 10.0. The van der Waals surface area contributed by atoms with Gasteiger partial charge in [-0.2, -0.15) is 0 Å². The number of aromatic nitrogens is 2. The standard InChI is InChI=1S/C31H32FN3O5S/c1-39-27-15-13-24(14-16-27)30(36)34(21-28-11-7-17-40-28)20-26-18-33-31(35(26)19-23-8-3-2-4-9-23)41(37,38)22-25-10-5-6-12-29(25)32/h2-6,8-10,12-16,18,28H,7,11,17,19-22H2,1H3/t28-/m1/s1. The molecule has 4 aromatic rings. The number of hydrogen-bond acceptors (Lipinski definition) is 6. The van der Waals surface area contributed by atoms with Crippen LogP contribution in [0.15, 0.2) is 90.2 Å². The molecule has 1 aromatic heterocycles. The average Bonchev–Trinajstić information content (AvgIpc) is 3.64. The van der Waals surface area contributed by atoms with Crippen molar-refractivity contribution in [2.24, 2.45) is 0 Å². The molecule has 1 fully saturated rings. The molecule has 0 radical (unpaired) electrons. The fraction of sp³-hybridized carbons (Fsp3) is 0.290. The molecule has 2 heterocycles. The lowest BCUT2D eigenvalue weighted by Gasteiger charge is -2.26. The fourth-order valence-electron chi connectivity index (χ4n) is 4.95. The van der Waals surface area contributed by atoms with Crippen molar-refractivity contribution in [3.63, 3.8) is 0 Å². The third-order valence-electron chi connectivity index (χ3n) is 7.09. The molecule has 0 saturated carbocycles. The lowest BCUT2D eigenvalue weighted by atomic mass is 10.1. The van der Waals surface area contributed by atoms with Gasteiger partial charge in [0.2, 0.25) is 15.0 Å². The summed E-state index contributed by atoms with van der Waals surface area (Å²) in [7, 11) is -2.47. The van der Waals surface area contributed by atoms with Gasteiger partial charge >= 0.3 is 0 Å². The van der Waals surface area contributed by atoms with Gasteiger partial charge in [-0.05, 0) is 48.7 Å². The highest BCUT2D eigenvalue weighted by Crippen LogP contribution is 2.24. The molecule has 214 valence electrons. The number of methoxy groups -OCH3 is 1. The van der Waals surface area contributed by atoms with Gasteiger partial charge in [-0.3, -0.25) is 4.79 Å². The number of ether oxygens (including phenoxy) is 2. The zero-order valence-electron chi connectivity index (χ0n) is 22.8. The molecule has 1 saturated heterocycles. The second kappa shape index (κ2) is 12.7. The van der Waals surface area contributed by atoms with Crippen LogP contribution in [0.5, 0.6) is 5.75 Å². The highest BCUT2D eigenvalue weighted by molar-refractivity contribution is 7.90. The van der Waals surface area contributed by atoms with Crippen molar-refractivity contribution in [1.82, 2.24) is 14.5 Å². The van der Waals surface area contributed by atoms with Gasteiger partial charge in [0, 0.05) is 24.3 Å². The Balaban J connectivity index is 1.51. The molecule has 3 aromatic carbocycles. The Morgan fingerprint density at radius 2 is 1.80 bits per heavy atom. The molecule has 10 heteroatoms. The lowest BCUT2D eigenvalue weighted by Crippen LogP contribution is -2.37. The molecule has 8 nitrogen and oxygen atoms in total. The minimum absolute atomic E-state index is 0.0676. The van der Waals surface area contributed by atoms with Gasteiger partial charge in [-0.1, -0.05) is 48.5 Å². The quantitative estimate of drug-likeness (QED) is 0.253. The second-order valence-corrected chi connectivity index (χ2v) is 11.9. The van der Waals surface area contributed by atoms with Gasteiger partial charge in [0.25, 0.3) is 5.91 Å². The maximum absolute atomic E-state index is 14.4. The number of carbonyl (C=O) groups is 1. The fourth-order valence-corrected chi connectivity index (χ4v) is 6.45. The van der Waals surface area contributed by atoms with E-state index in [0.29, 0.717) is 30.2 Å². The smallest absolute Gasteiger partial charge is 0.254 e. The third-order valence-corrected chi connectivity index (χ3v) is 8.66. The molecule has 5 rings (SSSR count). The Bertz CT molecular complexity index is 1580. The molecule has 1 aliphatic rings. The highest BCUT2D eigenvalue weighted by Gasteiger charge is 2.29. The van der Waals surface area contributed by atoms with Crippen LogP contribution < -0.4 is 4.74 Å². The number of halogens is 1. The molecule has 1 aliphatic heterocycles. The first-order valence-corrected chi connectivity index (χ1v) is 15.1. The van der Waals surface area contributed by atoms with E-state index in [-0.39, 0.29) is 35.8 Å². The van der Waals surface area contributed by atoms with Gasteiger partial charge in [0.1, 0.15) is 11.6 Å². The Kier molecular flexibility index (Phi) is 8.80. The molecule has 0 spiro atoms. The number of imidazole rings is 1. The Morgan fingerprint density at radius 1 is 1.07 bits per heavy atom. The van der Waals surface area contributed by atoms with Crippen molar-refractivity contribution in [2.75, 3.05) is 20.3 Å². The molecule has 1 amide bonds. The van der Waals surface area contributed by atoms with Gasteiger partial charge < -0.3 is 18.9 Å². The number of rotatable bonds is 11. The number of benzene rings is 3. The van der Waals surface area contributed by atoms with E-state index in [1.54, 1.807) is 46.9 Å². The summed E-state index contributed by atoms with van der Waals surface area (Å²) in [5, 5.41) is -0.173. The van der Waals surface area contributed by atoms with Crippen molar-refractivity contribution >= 4 is 15.7 Å². The first kappa shape index (κ1) is 28.5. The highest BCUT2D eigenvalue weighted by atomic mass is 32.2. The van der Waals surface area contributed by atoms with E-state index in [0.717, 1.165) is 18.4 Å². The van der Waals surface area contributed by atoms with Crippen LogP contribution in [0.1, 0.15) is 40.0 Å². The summed E-state index contributed by atoms with van der Waals surface area (Å²) < 4.78 is 54.3.